The van der Waals surface area contributed by atoms with Gasteiger partial charge in [-0.05, 0) is 47.7 Å². The minimum absolute atomic E-state index is 0.121. The zero-order valence-corrected chi connectivity index (χ0v) is 10.9. The highest BCUT2D eigenvalue weighted by Gasteiger charge is 2.32. The van der Waals surface area contributed by atoms with E-state index in [0.717, 1.165) is 5.76 Å². The van der Waals surface area contributed by atoms with E-state index in [1.807, 2.05) is 19.9 Å². The van der Waals surface area contributed by atoms with E-state index in [1.54, 1.807) is 0 Å². The molecule has 0 saturated heterocycles. The lowest BCUT2D eigenvalue weighted by atomic mass is 10.2. The van der Waals surface area contributed by atoms with Crippen LogP contribution in [0.15, 0.2) is 11.8 Å². The van der Waals surface area contributed by atoms with Gasteiger partial charge in [-0.1, -0.05) is 6.08 Å². The summed E-state index contributed by atoms with van der Waals surface area (Å²) in [5.41, 5.74) is -0.121. The number of rotatable bonds is 3. The molecular formula is C10H22O2Si. The summed E-state index contributed by atoms with van der Waals surface area (Å²) in [5, 5.41) is 0. The molecular weight excluding hydrogens is 180 g/mol. The molecule has 0 saturated carbocycles. The zero-order valence-electron chi connectivity index (χ0n) is 9.89. The van der Waals surface area contributed by atoms with Crippen molar-refractivity contribution in [2.24, 2.45) is 0 Å². The second-order valence-corrected chi connectivity index (χ2v) is 7.82. The molecule has 0 N–H and O–H groups in total. The summed E-state index contributed by atoms with van der Waals surface area (Å²) < 4.78 is 11.6. The van der Waals surface area contributed by atoms with Gasteiger partial charge in [-0.25, -0.2) is 0 Å². The molecule has 2 nitrogen and oxygen atoms in total. The third-order valence-electron chi connectivity index (χ3n) is 1.37. The van der Waals surface area contributed by atoms with Crippen molar-refractivity contribution in [2.75, 3.05) is 0 Å². The van der Waals surface area contributed by atoms with Crippen LogP contribution in [-0.4, -0.2) is 14.2 Å². The van der Waals surface area contributed by atoms with Crippen molar-refractivity contribution < 1.29 is 8.85 Å². The van der Waals surface area contributed by atoms with Gasteiger partial charge in [0.1, 0.15) is 0 Å². The third-order valence-corrected chi connectivity index (χ3v) is 3.28. The summed E-state index contributed by atoms with van der Waals surface area (Å²) in [6.07, 6.45) is 1.96. The molecule has 0 aliphatic heterocycles. The second kappa shape index (κ2) is 4.29. The SMILES string of the molecule is C/C=C(\C)O[Si](C)(C)OC(C)(C)C. The van der Waals surface area contributed by atoms with Crippen LogP contribution in [0, 0.1) is 0 Å². The Morgan fingerprint density at radius 3 is 2.00 bits per heavy atom. The number of hydrogen-bond acceptors (Lipinski definition) is 2. The van der Waals surface area contributed by atoms with Crippen molar-refractivity contribution in [1.82, 2.24) is 0 Å². The van der Waals surface area contributed by atoms with Crippen LogP contribution in [0.4, 0.5) is 0 Å². The molecule has 0 bridgehead atoms. The molecule has 0 spiro atoms. The lowest BCUT2D eigenvalue weighted by Gasteiger charge is -2.32. The highest BCUT2D eigenvalue weighted by molar-refractivity contribution is 6.64. The van der Waals surface area contributed by atoms with E-state index in [1.165, 1.54) is 0 Å². The summed E-state index contributed by atoms with van der Waals surface area (Å²) in [7, 11) is -1.99. The average Bonchev–Trinajstić information content (AvgIpc) is 1.80. The summed E-state index contributed by atoms with van der Waals surface area (Å²) in [6, 6.07) is 0. The molecule has 0 unspecified atom stereocenters. The first kappa shape index (κ1) is 12.7. The highest BCUT2D eigenvalue weighted by Crippen LogP contribution is 2.19. The highest BCUT2D eigenvalue weighted by atomic mass is 28.4. The summed E-state index contributed by atoms with van der Waals surface area (Å²) >= 11 is 0. The smallest absolute Gasteiger partial charge is 0.392 e. The minimum Gasteiger partial charge on any atom is -0.525 e. The molecule has 78 valence electrons. The van der Waals surface area contributed by atoms with E-state index in [-0.39, 0.29) is 5.60 Å². The molecule has 0 amide bonds. The first-order chi connectivity index (χ1) is 5.66. The fourth-order valence-corrected chi connectivity index (χ4v) is 3.61. The Kier molecular flexibility index (Phi) is 4.19. The maximum absolute atomic E-state index is 5.87. The van der Waals surface area contributed by atoms with E-state index >= 15 is 0 Å². The molecule has 0 aromatic heterocycles. The van der Waals surface area contributed by atoms with Gasteiger partial charge in [-0.3, -0.25) is 0 Å². The molecule has 3 heteroatoms. The maximum Gasteiger partial charge on any atom is 0.392 e. The van der Waals surface area contributed by atoms with Gasteiger partial charge in [-0.15, -0.1) is 0 Å². The van der Waals surface area contributed by atoms with Gasteiger partial charge in [-0.2, -0.15) is 0 Å². The lowest BCUT2D eigenvalue weighted by molar-refractivity contribution is 0.0826. The van der Waals surface area contributed by atoms with Gasteiger partial charge < -0.3 is 8.85 Å². The molecule has 13 heavy (non-hydrogen) atoms. The predicted molar refractivity (Wildman–Crippen MR) is 58.8 cm³/mol. The van der Waals surface area contributed by atoms with Crippen LogP contribution in [0.2, 0.25) is 13.1 Å². The van der Waals surface area contributed by atoms with Gasteiger partial charge in [0.2, 0.25) is 0 Å². The molecule has 0 atom stereocenters. The quantitative estimate of drug-likeness (QED) is 0.515. The molecule has 0 aromatic rings. The van der Waals surface area contributed by atoms with Crippen LogP contribution in [0.3, 0.4) is 0 Å². The fraction of sp³-hybridized carbons (Fsp3) is 0.800. The van der Waals surface area contributed by atoms with Crippen molar-refractivity contribution >= 4 is 8.56 Å². The Labute approximate surface area is 83.2 Å². The molecule has 0 aliphatic rings. The van der Waals surface area contributed by atoms with Crippen molar-refractivity contribution in [3.05, 3.63) is 11.8 Å². The van der Waals surface area contributed by atoms with E-state index in [0.29, 0.717) is 0 Å². The lowest BCUT2D eigenvalue weighted by Crippen LogP contribution is -2.41. The number of hydrogen-bond donors (Lipinski definition) is 0. The Balaban J connectivity index is 4.25. The van der Waals surface area contributed by atoms with Crippen molar-refractivity contribution in [3.8, 4) is 0 Å². The van der Waals surface area contributed by atoms with Crippen LogP contribution >= 0.6 is 0 Å². The van der Waals surface area contributed by atoms with E-state index in [2.05, 4.69) is 33.9 Å². The van der Waals surface area contributed by atoms with Gasteiger partial charge in [0.05, 0.1) is 11.4 Å². The van der Waals surface area contributed by atoms with Gasteiger partial charge in [0.15, 0.2) is 0 Å². The molecule has 0 aromatic carbocycles. The normalized spacial score (nSPS) is 14.5. The van der Waals surface area contributed by atoms with Gasteiger partial charge >= 0.3 is 8.56 Å². The number of allylic oxidation sites excluding steroid dienone is 2. The fourth-order valence-electron chi connectivity index (χ4n) is 1.20. The summed E-state index contributed by atoms with van der Waals surface area (Å²) in [6.45, 7) is 14.2. The predicted octanol–water partition coefficient (Wildman–Crippen LogP) is 3.44. The summed E-state index contributed by atoms with van der Waals surface area (Å²) in [4.78, 5) is 0. The maximum atomic E-state index is 5.87. The molecule has 0 heterocycles. The van der Waals surface area contributed by atoms with E-state index < -0.39 is 8.56 Å². The largest absolute Gasteiger partial charge is 0.525 e. The first-order valence-corrected chi connectivity index (χ1v) is 7.50. The van der Waals surface area contributed by atoms with Gasteiger partial charge in [0, 0.05) is 0 Å². The average molecular weight is 202 g/mol. The second-order valence-electron chi connectivity index (χ2n) is 4.62. The van der Waals surface area contributed by atoms with E-state index in [4.69, 9.17) is 8.85 Å². The van der Waals surface area contributed by atoms with Crippen LogP contribution in [-0.2, 0) is 8.85 Å². The molecule has 0 rings (SSSR count). The van der Waals surface area contributed by atoms with Crippen LogP contribution in [0.1, 0.15) is 34.6 Å². The Morgan fingerprint density at radius 1 is 1.23 bits per heavy atom. The monoisotopic (exact) mass is 202 g/mol. The molecule has 0 aliphatic carbocycles. The van der Waals surface area contributed by atoms with Crippen molar-refractivity contribution in [3.63, 3.8) is 0 Å². The van der Waals surface area contributed by atoms with E-state index in [9.17, 15) is 0 Å². The van der Waals surface area contributed by atoms with Crippen LogP contribution in [0.5, 0.6) is 0 Å². The zero-order chi connectivity index (χ0) is 10.7. The molecule has 0 fully saturated rings. The Hall–Kier alpha value is -0.283. The Bertz CT molecular complexity index is 190. The minimum atomic E-state index is -1.99. The third kappa shape index (κ3) is 6.84. The van der Waals surface area contributed by atoms with Crippen LogP contribution in [0.25, 0.3) is 0 Å². The first-order valence-electron chi connectivity index (χ1n) is 4.68. The van der Waals surface area contributed by atoms with Crippen molar-refractivity contribution in [1.29, 1.82) is 0 Å². The van der Waals surface area contributed by atoms with Crippen LogP contribution < -0.4 is 0 Å². The molecule has 0 radical (unpaired) electrons. The summed E-state index contributed by atoms with van der Waals surface area (Å²) in [5.74, 6) is 0.945. The standard InChI is InChI=1S/C10H22O2Si/c1-8-9(2)11-13(6,7)12-10(3,4)5/h8H,1-7H3/b9-8+. The van der Waals surface area contributed by atoms with Crippen molar-refractivity contribution in [2.45, 2.75) is 53.3 Å². The Morgan fingerprint density at radius 2 is 1.69 bits per heavy atom. The van der Waals surface area contributed by atoms with Gasteiger partial charge in [0.25, 0.3) is 0 Å². The topological polar surface area (TPSA) is 18.5 Å².